The van der Waals surface area contributed by atoms with Crippen molar-refractivity contribution >= 4 is 0 Å². The quantitative estimate of drug-likeness (QED) is 0.772. The molecule has 3 heteroatoms. The van der Waals surface area contributed by atoms with Gasteiger partial charge < -0.3 is 14.7 Å². The fraction of sp³-hybridized carbons (Fsp3) is 0.625. The standard InChI is InChI=1S/C16H27N3/c1-17-11-13-19(14-12-17)10-6-9-18(2)15-16-7-4-3-5-8-16/h3-5,7-8H,6,9-15H2,1-2H3. The Balaban J connectivity index is 1.60. The number of hydrogen-bond donors (Lipinski definition) is 0. The monoisotopic (exact) mass is 261 g/mol. The molecule has 1 aliphatic heterocycles. The molecule has 1 aromatic carbocycles. The lowest BCUT2D eigenvalue weighted by atomic mass is 10.2. The van der Waals surface area contributed by atoms with Gasteiger partial charge in [0.2, 0.25) is 0 Å². The van der Waals surface area contributed by atoms with E-state index in [0.29, 0.717) is 0 Å². The molecule has 0 spiro atoms. The summed E-state index contributed by atoms with van der Waals surface area (Å²) in [6.07, 6.45) is 1.27. The van der Waals surface area contributed by atoms with Crippen LogP contribution in [0.3, 0.4) is 0 Å². The van der Waals surface area contributed by atoms with Crippen molar-refractivity contribution in [1.29, 1.82) is 0 Å². The highest BCUT2D eigenvalue weighted by atomic mass is 15.2. The van der Waals surface area contributed by atoms with Crippen LogP contribution in [0.5, 0.6) is 0 Å². The molecule has 0 radical (unpaired) electrons. The Hall–Kier alpha value is -0.900. The first-order chi connectivity index (χ1) is 9.24. The second kappa shape index (κ2) is 7.63. The van der Waals surface area contributed by atoms with Crippen molar-refractivity contribution in [3.8, 4) is 0 Å². The minimum atomic E-state index is 1.06. The van der Waals surface area contributed by atoms with E-state index in [2.05, 4.69) is 59.1 Å². The third-order valence-corrected chi connectivity index (χ3v) is 3.91. The summed E-state index contributed by atoms with van der Waals surface area (Å²) in [6, 6.07) is 10.7. The molecule has 1 fully saturated rings. The fourth-order valence-electron chi connectivity index (χ4n) is 2.61. The molecule has 1 aromatic rings. The van der Waals surface area contributed by atoms with Crippen LogP contribution in [0.25, 0.3) is 0 Å². The van der Waals surface area contributed by atoms with Crippen LogP contribution in [0.4, 0.5) is 0 Å². The lowest BCUT2D eigenvalue weighted by Gasteiger charge is -2.32. The van der Waals surface area contributed by atoms with Gasteiger partial charge in [0.1, 0.15) is 0 Å². The second-order valence-electron chi connectivity index (χ2n) is 5.72. The summed E-state index contributed by atoms with van der Waals surface area (Å²) in [4.78, 5) is 7.43. The molecule has 106 valence electrons. The first-order valence-corrected chi connectivity index (χ1v) is 7.37. The van der Waals surface area contributed by atoms with Gasteiger partial charge in [-0.15, -0.1) is 0 Å². The highest BCUT2D eigenvalue weighted by Gasteiger charge is 2.13. The summed E-state index contributed by atoms with van der Waals surface area (Å²) >= 11 is 0. The highest BCUT2D eigenvalue weighted by Crippen LogP contribution is 2.04. The van der Waals surface area contributed by atoms with E-state index in [9.17, 15) is 0 Å². The number of hydrogen-bond acceptors (Lipinski definition) is 3. The second-order valence-corrected chi connectivity index (χ2v) is 5.72. The average Bonchev–Trinajstić information content (AvgIpc) is 2.42. The van der Waals surface area contributed by atoms with Crippen molar-refractivity contribution in [2.75, 3.05) is 53.4 Å². The SMILES string of the molecule is CN1CCN(CCCN(C)Cc2ccccc2)CC1. The minimum Gasteiger partial charge on any atom is -0.304 e. The average molecular weight is 261 g/mol. The van der Waals surface area contributed by atoms with Gasteiger partial charge >= 0.3 is 0 Å². The van der Waals surface area contributed by atoms with Gasteiger partial charge in [-0.2, -0.15) is 0 Å². The van der Waals surface area contributed by atoms with Crippen LogP contribution in [0.15, 0.2) is 30.3 Å². The van der Waals surface area contributed by atoms with Gasteiger partial charge in [0.25, 0.3) is 0 Å². The lowest BCUT2D eigenvalue weighted by molar-refractivity contribution is 0.147. The first kappa shape index (κ1) is 14.5. The van der Waals surface area contributed by atoms with Crippen molar-refractivity contribution in [1.82, 2.24) is 14.7 Å². The predicted octanol–water partition coefficient (Wildman–Crippen LogP) is 1.76. The van der Waals surface area contributed by atoms with Crippen LogP contribution in [0.2, 0.25) is 0 Å². The Labute approximate surface area is 117 Å². The highest BCUT2D eigenvalue weighted by molar-refractivity contribution is 5.14. The van der Waals surface area contributed by atoms with Crippen LogP contribution in [-0.2, 0) is 6.54 Å². The van der Waals surface area contributed by atoms with E-state index in [4.69, 9.17) is 0 Å². The predicted molar refractivity (Wildman–Crippen MR) is 81.3 cm³/mol. The van der Waals surface area contributed by atoms with E-state index in [-0.39, 0.29) is 0 Å². The number of likely N-dealkylation sites (N-methyl/N-ethyl adjacent to an activating group) is 1. The molecule has 0 unspecified atom stereocenters. The summed E-state index contributed by atoms with van der Waals surface area (Å²) in [5.74, 6) is 0. The number of rotatable bonds is 6. The summed E-state index contributed by atoms with van der Waals surface area (Å²) in [5, 5.41) is 0. The summed E-state index contributed by atoms with van der Waals surface area (Å²) in [5.41, 5.74) is 1.41. The van der Waals surface area contributed by atoms with Gasteiger partial charge in [0.15, 0.2) is 0 Å². The molecular weight excluding hydrogens is 234 g/mol. The Bertz CT molecular complexity index is 344. The Morgan fingerprint density at radius 3 is 2.42 bits per heavy atom. The van der Waals surface area contributed by atoms with Gasteiger partial charge in [-0.1, -0.05) is 30.3 Å². The summed E-state index contributed by atoms with van der Waals surface area (Å²) < 4.78 is 0. The molecule has 0 bridgehead atoms. The Morgan fingerprint density at radius 1 is 1.05 bits per heavy atom. The first-order valence-electron chi connectivity index (χ1n) is 7.37. The van der Waals surface area contributed by atoms with Gasteiger partial charge in [-0.25, -0.2) is 0 Å². The van der Waals surface area contributed by atoms with E-state index < -0.39 is 0 Å². The zero-order valence-electron chi connectivity index (χ0n) is 12.4. The van der Waals surface area contributed by atoms with E-state index in [1.807, 2.05) is 0 Å². The molecule has 1 aliphatic rings. The molecular formula is C16H27N3. The fourth-order valence-corrected chi connectivity index (χ4v) is 2.61. The van der Waals surface area contributed by atoms with E-state index in [1.165, 1.54) is 51.3 Å². The van der Waals surface area contributed by atoms with Crippen LogP contribution in [-0.4, -0.2) is 68.1 Å². The van der Waals surface area contributed by atoms with E-state index >= 15 is 0 Å². The van der Waals surface area contributed by atoms with Crippen molar-refractivity contribution in [2.24, 2.45) is 0 Å². The maximum atomic E-state index is 2.59. The molecule has 0 amide bonds. The van der Waals surface area contributed by atoms with Crippen molar-refractivity contribution in [3.05, 3.63) is 35.9 Å². The van der Waals surface area contributed by atoms with Gasteiger partial charge in [-0.3, -0.25) is 0 Å². The molecule has 3 nitrogen and oxygen atoms in total. The van der Waals surface area contributed by atoms with Crippen molar-refractivity contribution < 1.29 is 0 Å². The minimum absolute atomic E-state index is 1.06. The van der Waals surface area contributed by atoms with E-state index in [1.54, 1.807) is 0 Å². The van der Waals surface area contributed by atoms with Crippen LogP contribution < -0.4 is 0 Å². The molecule has 2 rings (SSSR count). The number of nitrogens with zero attached hydrogens (tertiary/aromatic N) is 3. The normalized spacial score (nSPS) is 18.1. The van der Waals surface area contributed by atoms with Gasteiger partial charge in [-0.05, 0) is 39.2 Å². The number of benzene rings is 1. The number of piperazine rings is 1. The van der Waals surface area contributed by atoms with Crippen molar-refractivity contribution in [3.63, 3.8) is 0 Å². The Morgan fingerprint density at radius 2 is 1.74 bits per heavy atom. The Kier molecular flexibility index (Phi) is 5.83. The van der Waals surface area contributed by atoms with Crippen molar-refractivity contribution in [2.45, 2.75) is 13.0 Å². The van der Waals surface area contributed by atoms with Crippen LogP contribution in [0, 0.1) is 0 Å². The van der Waals surface area contributed by atoms with Gasteiger partial charge in [0, 0.05) is 32.7 Å². The molecule has 0 atom stereocenters. The zero-order valence-corrected chi connectivity index (χ0v) is 12.4. The van der Waals surface area contributed by atoms with Gasteiger partial charge in [0.05, 0.1) is 0 Å². The van der Waals surface area contributed by atoms with Crippen LogP contribution in [0.1, 0.15) is 12.0 Å². The smallest absolute Gasteiger partial charge is 0.0230 e. The maximum Gasteiger partial charge on any atom is 0.0230 e. The summed E-state index contributed by atoms with van der Waals surface area (Å²) in [6.45, 7) is 8.40. The van der Waals surface area contributed by atoms with E-state index in [0.717, 1.165) is 6.54 Å². The van der Waals surface area contributed by atoms with Crippen LogP contribution >= 0.6 is 0 Å². The largest absolute Gasteiger partial charge is 0.304 e. The third kappa shape index (κ3) is 5.31. The third-order valence-electron chi connectivity index (χ3n) is 3.91. The molecule has 1 saturated heterocycles. The molecule has 19 heavy (non-hydrogen) atoms. The molecule has 1 heterocycles. The molecule has 0 aromatic heterocycles. The topological polar surface area (TPSA) is 9.72 Å². The molecule has 0 aliphatic carbocycles. The maximum absolute atomic E-state index is 2.59. The summed E-state index contributed by atoms with van der Waals surface area (Å²) in [7, 11) is 4.43. The lowest BCUT2D eigenvalue weighted by Crippen LogP contribution is -2.45. The molecule has 0 N–H and O–H groups in total. The zero-order chi connectivity index (χ0) is 13.5. The molecule has 0 saturated carbocycles.